The van der Waals surface area contributed by atoms with E-state index < -0.39 is 37.0 Å². The minimum Gasteiger partial charge on any atom is -0.394 e. The lowest BCUT2D eigenvalue weighted by atomic mass is 10.0. The molecule has 0 aliphatic carbocycles. The summed E-state index contributed by atoms with van der Waals surface area (Å²) >= 11 is 5.44. The normalized spacial score (nSPS) is 16.6. The van der Waals surface area contributed by atoms with Crippen molar-refractivity contribution in [2.24, 2.45) is 5.29 Å². The Morgan fingerprint density at radius 3 is 2.35 bits per heavy atom. The molecule has 0 spiro atoms. The summed E-state index contributed by atoms with van der Waals surface area (Å²) in [7, 11) is 0. The number of hydrogen-bond acceptors (Lipinski definition) is 8. The monoisotopic (exact) mass is 313 g/mol. The van der Waals surface area contributed by atoms with E-state index in [2.05, 4.69) is 5.29 Å². The van der Waals surface area contributed by atoms with Crippen LogP contribution < -0.4 is 5.43 Å². The maximum Gasteiger partial charge on any atom is 0.341 e. The topological polar surface area (TPSA) is 160 Å². The molecule has 0 aliphatic heterocycles. The van der Waals surface area contributed by atoms with Gasteiger partial charge in [0.2, 0.25) is 0 Å². The molecule has 0 heterocycles. The molecule has 0 bridgehead atoms. The Kier molecular flexibility index (Phi) is 8.92. The number of carbonyl (C=O) groups excluding carboxylic acids is 2. The van der Waals surface area contributed by atoms with Crippen LogP contribution in [0.3, 0.4) is 0 Å². The van der Waals surface area contributed by atoms with Crippen LogP contribution in [0.4, 0.5) is 4.79 Å². The molecular weight excluding hydrogens is 298 g/mol. The number of aliphatic hydroxyl groups excluding tert-OH is 4. The van der Waals surface area contributed by atoms with Crippen LogP contribution in [0.1, 0.15) is 0 Å². The number of carbonyl (C=O) groups is 2. The van der Waals surface area contributed by atoms with E-state index in [1.54, 1.807) is 0 Å². The van der Waals surface area contributed by atoms with Crippen molar-refractivity contribution < 1.29 is 30.0 Å². The first-order valence-electron chi connectivity index (χ1n) is 5.49. The van der Waals surface area contributed by atoms with Gasteiger partial charge in [-0.05, 0) is 0 Å². The molecule has 0 aromatic rings. The molecule has 116 valence electrons. The van der Waals surface area contributed by atoms with Crippen molar-refractivity contribution >= 4 is 23.9 Å². The number of urea groups is 1. The van der Waals surface area contributed by atoms with Crippen molar-refractivity contribution in [1.29, 1.82) is 0 Å². The number of halogens is 1. The van der Waals surface area contributed by atoms with Gasteiger partial charge >= 0.3 is 6.03 Å². The summed E-state index contributed by atoms with van der Waals surface area (Å²) in [6, 6.07) is -2.70. The first-order valence-corrected chi connectivity index (χ1v) is 6.03. The van der Waals surface area contributed by atoms with Crippen LogP contribution in [0.2, 0.25) is 0 Å². The van der Waals surface area contributed by atoms with E-state index >= 15 is 0 Å². The standard InChI is InChI=1S/C9H16ClN3O7/c10-1-2-13(9(19)11-12-20)5(3-14)7(17)8(18)6(16)4-15/h3,5-8,15-18H,1-2,4H2,(H,11,19,20)/t5-,6+,7+,8+/m0/s1. The van der Waals surface area contributed by atoms with Crippen LogP contribution in [0, 0.1) is 4.91 Å². The highest BCUT2D eigenvalue weighted by molar-refractivity contribution is 6.18. The van der Waals surface area contributed by atoms with Crippen molar-refractivity contribution in [2.75, 3.05) is 19.0 Å². The van der Waals surface area contributed by atoms with Crippen LogP contribution in [-0.2, 0) is 4.79 Å². The number of rotatable bonds is 9. The molecule has 4 atom stereocenters. The van der Waals surface area contributed by atoms with Crippen LogP contribution >= 0.6 is 11.6 Å². The first kappa shape index (κ1) is 18.7. The number of nitroso groups, excluding NO2 is 1. The number of aldehydes is 1. The van der Waals surface area contributed by atoms with Gasteiger partial charge in [0.25, 0.3) is 0 Å². The summed E-state index contributed by atoms with van der Waals surface area (Å²) in [4.78, 5) is 33.1. The molecule has 0 rings (SSSR count). The van der Waals surface area contributed by atoms with Gasteiger partial charge in [0.15, 0.2) is 0 Å². The molecular formula is C9H16ClN3O7. The average Bonchev–Trinajstić information content (AvgIpc) is 2.45. The quantitative estimate of drug-likeness (QED) is 0.137. The molecule has 0 saturated carbocycles. The average molecular weight is 314 g/mol. The third-order valence-corrected chi connectivity index (χ3v) is 2.68. The lowest BCUT2D eigenvalue weighted by molar-refractivity contribution is -0.126. The minimum atomic E-state index is -1.89. The second-order valence-corrected chi connectivity index (χ2v) is 4.13. The Bertz CT molecular complexity index is 333. The molecule has 10 nitrogen and oxygen atoms in total. The molecule has 0 saturated heterocycles. The number of hydrogen-bond donors (Lipinski definition) is 5. The number of amides is 2. The van der Waals surface area contributed by atoms with Crippen molar-refractivity contribution in [2.45, 2.75) is 24.4 Å². The van der Waals surface area contributed by atoms with Gasteiger partial charge in [-0.3, -0.25) is 0 Å². The van der Waals surface area contributed by atoms with E-state index in [0.29, 0.717) is 4.90 Å². The molecule has 0 aromatic carbocycles. The largest absolute Gasteiger partial charge is 0.394 e. The first-order chi connectivity index (χ1) is 9.44. The SMILES string of the molecule is O=C[C@@H]([C@@H](O)[C@H](O)[C@H](O)CO)N(CCCl)C(=O)NN=O. The van der Waals surface area contributed by atoms with Crippen LogP contribution in [-0.4, -0.2) is 81.0 Å². The van der Waals surface area contributed by atoms with Gasteiger partial charge in [-0.1, -0.05) is 0 Å². The minimum absolute atomic E-state index is 0.123. The van der Waals surface area contributed by atoms with Gasteiger partial charge in [0.1, 0.15) is 30.6 Å². The van der Waals surface area contributed by atoms with Gasteiger partial charge in [0, 0.05) is 12.4 Å². The second-order valence-electron chi connectivity index (χ2n) is 3.75. The van der Waals surface area contributed by atoms with E-state index in [1.807, 2.05) is 0 Å². The zero-order chi connectivity index (χ0) is 15.7. The highest BCUT2D eigenvalue weighted by Crippen LogP contribution is 2.11. The van der Waals surface area contributed by atoms with E-state index in [0.717, 1.165) is 0 Å². The lowest BCUT2D eigenvalue weighted by Gasteiger charge is -2.33. The third-order valence-electron chi connectivity index (χ3n) is 2.51. The van der Waals surface area contributed by atoms with Gasteiger partial charge in [-0.15, -0.1) is 16.5 Å². The Balaban J connectivity index is 5.10. The Morgan fingerprint density at radius 2 is 1.95 bits per heavy atom. The summed E-state index contributed by atoms with van der Waals surface area (Å²) < 4.78 is 0. The molecule has 0 aromatic heterocycles. The van der Waals surface area contributed by atoms with Crippen molar-refractivity contribution in [3.05, 3.63) is 4.91 Å². The summed E-state index contributed by atoms with van der Waals surface area (Å²) in [5.74, 6) is -0.123. The van der Waals surface area contributed by atoms with E-state index in [9.17, 15) is 29.8 Å². The van der Waals surface area contributed by atoms with Crippen molar-refractivity contribution in [3.63, 3.8) is 0 Å². The third kappa shape index (κ3) is 4.98. The molecule has 20 heavy (non-hydrogen) atoms. The van der Waals surface area contributed by atoms with Crippen molar-refractivity contribution in [3.8, 4) is 0 Å². The summed E-state index contributed by atoms with van der Waals surface area (Å²) in [5.41, 5.74) is 1.52. The molecule has 5 N–H and O–H groups in total. The summed E-state index contributed by atoms with van der Waals surface area (Å²) in [6.45, 7) is -1.09. The van der Waals surface area contributed by atoms with E-state index in [-0.39, 0.29) is 18.7 Å². The van der Waals surface area contributed by atoms with Gasteiger partial charge in [-0.25, -0.2) is 4.79 Å². The van der Waals surface area contributed by atoms with Gasteiger partial charge < -0.3 is 30.1 Å². The fraction of sp³-hybridized carbons (Fsp3) is 0.778. The van der Waals surface area contributed by atoms with Gasteiger partial charge in [0.05, 0.1) is 11.9 Å². The number of nitrogens with zero attached hydrogens (tertiary/aromatic N) is 2. The summed E-state index contributed by atoms with van der Waals surface area (Å²) in [5, 5.41) is 39.3. The Morgan fingerprint density at radius 1 is 1.35 bits per heavy atom. The molecule has 11 heteroatoms. The zero-order valence-corrected chi connectivity index (χ0v) is 11.0. The molecule has 0 aliphatic rings. The predicted octanol–water partition coefficient (Wildman–Crippen LogP) is -2.44. The fourth-order valence-corrected chi connectivity index (χ4v) is 1.64. The van der Waals surface area contributed by atoms with Crippen LogP contribution in [0.25, 0.3) is 0 Å². The molecule has 0 unspecified atom stereocenters. The number of alkyl halides is 1. The predicted molar refractivity (Wildman–Crippen MR) is 66.7 cm³/mol. The van der Waals surface area contributed by atoms with E-state index in [4.69, 9.17) is 16.7 Å². The van der Waals surface area contributed by atoms with E-state index in [1.165, 1.54) is 5.43 Å². The Hall–Kier alpha value is -1.33. The van der Waals surface area contributed by atoms with Crippen molar-refractivity contribution in [1.82, 2.24) is 10.3 Å². The van der Waals surface area contributed by atoms with Crippen LogP contribution in [0.5, 0.6) is 0 Å². The van der Waals surface area contributed by atoms with Crippen LogP contribution in [0.15, 0.2) is 5.29 Å². The fourth-order valence-electron chi connectivity index (χ4n) is 1.46. The smallest absolute Gasteiger partial charge is 0.341 e. The lowest BCUT2D eigenvalue weighted by Crippen LogP contribution is -2.57. The molecule has 0 fully saturated rings. The Labute approximate surface area is 118 Å². The highest BCUT2D eigenvalue weighted by Gasteiger charge is 2.36. The zero-order valence-electron chi connectivity index (χ0n) is 10.3. The number of nitrogens with one attached hydrogen (secondary N) is 1. The molecule has 0 radical (unpaired) electrons. The number of aliphatic hydroxyl groups is 4. The maximum atomic E-state index is 11.5. The second kappa shape index (κ2) is 9.55. The highest BCUT2D eigenvalue weighted by atomic mass is 35.5. The van der Waals surface area contributed by atoms with Gasteiger partial charge in [-0.2, -0.15) is 5.43 Å². The molecule has 2 amide bonds. The maximum absolute atomic E-state index is 11.5. The summed E-state index contributed by atoms with van der Waals surface area (Å²) in [6.07, 6.45) is -5.35.